The van der Waals surface area contributed by atoms with Crippen LogP contribution in [0.2, 0.25) is 10.0 Å². The number of benzene rings is 2. The van der Waals surface area contributed by atoms with E-state index in [2.05, 4.69) is 0 Å². The van der Waals surface area contributed by atoms with Gasteiger partial charge in [0.05, 0.1) is 5.02 Å². The predicted molar refractivity (Wildman–Crippen MR) is 64.7 cm³/mol. The van der Waals surface area contributed by atoms with Crippen LogP contribution in [-0.2, 0) is 0 Å². The first-order chi connectivity index (χ1) is 8.13. The molecule has 0 atom stereocenters. The molecule has 0 unspecified atom stereocenters. The van der Waals surface area contributed by atoms with E-state index in [1.165, 1.54) is 12.1 Å². The van der Waals surface area contributed by atoms with E-state index in [0.717, 1.165) is 0 Å². The van der Waals surface area contributed by atoms with E-state index in [1.54, 1.807) is 18.2 Å². The van der Waals surface area contributed by atoms with Crippen LogP contribution >= 0.6 is 23.2 Å². The van der Waals surface area contributed by atoms with Gasteiger partial charge in [-0.1, -0.05) is 23.2 Å². The number of halogens is 2. The Morgan fingerprint density at radius 2 is 1.47 bits per heavy atom. The first kappa shape index (κ1) is 10.6. The normalized spacial score (nSPS) is 12.1. The van der Waals surface area contributed by atoms with E-state index in [1.807, 2.05) is 0 Å². The molecular formula is C12H6Cl2O3. The molecule has 1 aliphatic rings. The molecule has 3 rings (SSSR count). The quantitative estimate of drug-likeness (QED) is 0.648. The molecule has 0 saturated heterocycles. The molecule has 0 fully saturated rings. The number of phenols is 1. The summed E-state index contributed by atoms with van der Waals surface area (Å²) in [6.45, 7) is 0. The molecule has 0 saturated carbocycles. The summed E-state index contributed by atoms with van der Waals surface area (Å²) in [6, 6.07) is 7.96. The molecule has 0 radical (unpaired) electrons. The number of aromatic hydroxyl groups is 1. The van der Waals surface area contributed by atoms with Gasteiger partial charge in [-0.15, -0.1) is 0 Å². The van der Waals surface area contributed by atoms with Gasteiger partial charge in [0.15, 0.2) is 23.0 Å². The minimum atomic E-state index is -0.0496. The predicted octanol–water partition coefficient (Wildman–Crippen LogP) is 4.60. The Bertz CT molecular complexity index is 611. The Hall–Kier alpha value is -1.58. The number of ether oxygens (including phenoxy) is 2. The fraction of sp³-hybridized carbons (Fsp3) is 0. The van der Waals surface area contributed by atoms with Crippen molar-refractivity contribution in [3.63, 3.8) is 0 Å². The summed E-state index contributed by atoms with van der Waals surface area (Å²) < 4.78 is 11.2. The van der Waals surface area contributed by atoms with Crippen LogP contribution in [0.4, 0.5) is 0 Å². The minimum absolute atomic E-state index is 0.0496. The third kappa shape index (κ3) is 1.77. The summed E-state index contributed by atoms with van der Waals surface area (Å²) in [6.07, 6.45) is 0. The largest absolute Gasteiger partial charge is 0.506 e. The number of rotatable bonds is 0. The molecule has 0 bridgehead atoms. The molecule has 0 spiro atoms. The number of hydrogen-bond acceptors (Lipinski definition) is 3. The fourth-order valence-corrected chi connectivity index (χ4v) is 1.88. The summed E-state index contributed by atoms with van der Waals surface area (Å²) in [5.41, 5.74) is 0. The fourth-order valence-electron chi connectivity index (χ4n) is 1.57. The van der Waals surface area contributed by atoms with Crippen LogP contribution < -0.4 is 9.47 Å². The first-order valence-electron chi connectivity index (χ1n) is 4.81. The van der Waals surface area contributed by atoms with Crippen LogP contribution in [0.3, 0.4) is 0 Å². The highest BCUT2D eigenvalue weighted by Gasteiger charge is 2.20. The lowest BCUT2D eigenvalue weighted by Crippen LogP contribution is -1.98. The molecule has 5 heteroatoms. The van der Waals surface area contributed by atoms with Crippen molar-refractivity contribution in [2.24, 2.45) is 0 Å². The van der Waals surface area contributed by atoms with E-state index in [0.29, 0.717) is 28.0 Å². The van der Waals surface area contributed by atoms with Crippen LogP contribution in [0.15, 0.2) is 30.3 Å². The van der Waals surface area contributed by atoms with Crippen molar-refractivity contribution in [2.45, 2.75) is 0 Å². The zero-order valence-electron chi connectivity index (χ0n) is 8.41. The molecule has 0 amide bonds. The van der Waals surface area contributed by atoms with Crippen molar-refractivity contribution in [3.8, 4) is 28.7 Å². The Morgan fingerprint density at radius 3 is 2.29 bits per heavy atom. The van der Waals surface area contributed by atoms with Crippen LogP contribution in [0.25, 0.3) is 0 Å². The molecule has 1 N–H and O–H groups in total. The SMILES string of the molecule is Oc1cc2c(cc1Cl)Oc1cc(Cl)ccc1O2. The van der Waals surface area contributed by atoms with Gasteiger partial charge >= 0.3 is 0 Å². The third-order valence-corrected chi connectivity index (χ3v) is 2.90. The monoisotopic (exact) mass is 268 g/mol. The molecule has 0 aromatic heterocycles. The average Bonchev–Trinajstić information content (AvgIpc) is 2.28. The maximum atomic E-state index is 9.48. The van der Waals surface area contributed by atoms with E-state index in [-0.39, 0.29) is 10.8 Å². The van der Waals surface area contributed by atoms with Gasteiger partial charge in [0.2, 0.25) is 0 Å². The first-order valence-corrected chi connectivity index (χ1v) is 5.57. The molecular weight excluding hydrogens is 263 g/mol. The van der Waals surface area contributed by atoms with E-state index >= 15 is 0 Å². The Kier molecular flexibility index (Phi) is 2.31. The summed E-state index contributed by atoms with van der Waals surface area (Å²) in [5.74, 6) is 1.88. The van der Waals surface area contributed by atoms with Crippen molar-refractivity contribution < 1.29 is 14.6 Å². The maximum Gasteiger partial charge on any atom is 0.173 e. The maximum absolute atomic E-state index is 9.48. The molecule has 3 nitrogen and oxygen atoms in total. The van der Waals surface area contributed by atoms with Gasteiger partial charge in [-0.2, -0.15) is 0 Å². The van der Waals surface area contributed by atoms with E-state index < -0.39 is 0 Å². The molecule has 86 valence electrons. The molecule has 1 aliphatic heterocycles. The summed E-state index contributed by atoms with van der Waals surface area (Å²) in [7, 11) is 0. The van der Waals surface area contributed by atoms with Gasteiger partial charge in [0, 0.05) is 23.2 Å². The minimum Gasteiger partial charge on any atom is -0.506 e. The number of fused-ring (bicyclic) bond motifs is 2. The van der Waals surface area contributed by atoms with Crippen molar-refractivity contribution in [3.05, 3.63) is 40.4 Å². The van der Waals surface area contributed by atoms with Gasteiger partial charge in [-0.3, -0.25) is 0 Å². The van der Waals surface area contributed by atoms with Crippen molar-refractivity contribution in [2.75, 3.05) is 0 Å². The highest BCUT2D eigenvalue weighted by molar-refractivity contribution is 6.32. The lowest BCUT2D eigenvalue weighted by atomic mass is 10.2. The number of phenolic OH excluding ortho intramolecular Hbond substituents is 1. The zero-order chi connectivity index (χ0) is 12.0. The van der Waals surface area contributed by atoms with Gasteiger partial charge in [-0.05, 0) is 12.1 Å². The Labute approximate surface area is 107 Å². The van der Waals surface area contributed by atoms with Gasteiger partial charge < -0.3 is 14.6 Å². The van der Waals surface area contributed by atoms with Gasteiger partial charge in [0.25, 0.3) is 0 Å². The van der Waals surface area contributed by atoms with Crippen molar-refractivity contribution in [1.29, 1.82) is 0 Å². The second kappa shape index (κ2) is 3.72. The van der Waals surface area contributed by atoms with E-state index in [9.17, 15) is 5.11 Å². The van der Waals surface area contributed by atoms with Gasteiger partial charge in [-0.25, -0.2) is 0 Å². The lowest BCUT2D eigenvalue weighted by Gasteiger charge is -2.20. The van der Waals surface area contributed by atoms with Gasteiger partial charge in [0.1, 0.15) is 5.75 Å². The zero-order valence-corrected chi connectivity index (χ0v) is 9.92. The summed E-state index contributed by atoms with van der Waals surface area (Å²) in [4.78, 5) is 0. The average molecular weight is 269 g/mol. The van der Waals surface area contributed by atoms with Crippen LogP contribution in [0.1, 0.15) is 0 Å². The summed E-state index contributed by atoms with van der Waals surface area (Å²) in [5, 5.41) is 10.2. The smallest absolute Gasteiger partial charge is 0.173 e. The topological polar surface area (TPSA) is 38.7 Å². The highest BCUT2D eigenvalue weighted by Crippen LogP contribution is 2.48. The second-order valence-corrected chi connectivity index (χ2v) is 4.39. The second-order valence-electron chi connectivity index (χ2n) is 3.55. The Morgan fingerprint density at radius 1 is 0.824 bits per heavy atom. The van der Waals surface area contributed by atoms with Crippen LogP contribution in [0, 0.1) is 0 Å². The molecule has 1 heterocycles. The molecule has 17 heavy (non-hydrogen) atoms. The Balaban J connectivity index is 2.11. The molecule has 2 aromatic carbocycles. The molecule has 0 aliphatic carbocycles. The summed E-state index contributed by atoms with van der Waals surface area (Å²) >= 11 is 11.7. The molecule has 2 aromatic rings. The third-order valence-electron chi connectivity index (χ3n) is 2.36. The van der Waals surface area contributed by atoms with Crippen LogP contribution in [-0.4, -0.2) is 5.11 Å². The highest BCUT2D eigenvalue weighted by atomic mass is 35.5. The van der Waals surface area contributed by atoms with Crippen molar-refractivity contribution in [1.82, 2.24) is 0 Å². The number of hydrogen-bond donors (Lipinski definition) is 1. The standard InChI is InChI=1S/C12H6Cl2O3/c13-6-1-2-9-10(3-6)17-11-4-7(14)8(15)5-12(11)16-9/h1-5,15H. The van der Waals surface area contributed by atoms with Crippen molar-refractivity contribution >= 4 is 23.2 Å². The van der Waals surface area contributed by atoms with Crippen LogP contribution in [0.5, 0.6) is 28.7 Å². The van der Waals surface area contributed by atoms with E-state index in [4.69, 9.17) is 32.7 Å². The lowest BCUT2D eigenvalue weighted by molar-refractivity contribution is 0.356.